The fourth-order valence-corrected chi connectivity index (χ4v) is 2.04. The van der Waals surface area contributed by atoms with Crippen LogP contribution in [0.2, 0.25) is 0 Å². The summed E-state index contributed by atoms with van der Waals surface area (Å²) >= 11 is 0. The van der Waals surface area contributed by atoms with E-state index in [0.29, 0.717) is 5.69 Å². The van der Waals surface area contributed by atoms with Crippen molar-refractivity contribution in [3.8, 4) is 0 Å². The molecule has 1 aromatic carbocycles. The predicted molar refractivity (Wildman–Crippen MR) is 81.4 cm³/mol. The third-order valence-electron chi connectivity index (χ3n) is 3.17. The van der Waals surface area contributed by atoms with Gasteiger partial charge >= 0.3 is 5.88 Å². The summed E-state index contributed by atoms with van der Waals surface area (Å²) in [5, 5.41) is 11.3. The number of furan rings is 1. The molecule has 6 nitrogen and oxygen atoms in total. The van der Waals surface area contributed by atoms with Gasteiger partial charge in [0.1, 0.15) is 0 Å². The van der Waals surface area contributed by atoms with Crippen LogP contribution in [-0.2, 0) is 0 Å². The topological polar surface area (TPSA) is 73.6 Å². The molecule has 1 heterocycles. The van der Waals surface area contributed by atoms with Gasteiger partial charge in [0.25, 0.3) is 5.91 Å². The maximum Gasteiger partial charge on any atom is 0.552 e. The lowest BCUT2D eigenvalue weighted by molar-refractivity contribution is 0.0998. The van der Waals surface area contributed by atoms with Crippen molar-refractivity contribution in [2.45, 2.75) is 13.8 Å². The van der Waals surface area contributed by atoms with Crippen LogP contribution < -0.4 is 10.2 Å². The first-order chi connectivity index (χ1) is 10.2. The van der Waals surface area contributed by atoms with Gasteiger partial charge in [-0.2, -0.15) is 0 Å². The van der Waals surface area contributed by atoms with Gasteiger partial charge in [0.05, 0.1) is 6.07 Å². The zero-order valence-electron chi connectivity index (χ0n) is 12.0. The van der Waals surface area contributed by atoms with Crippen LogP contribution in [0.1, 0.15) is 24.4 Å². The number of nitrogens with one attached hydrogen (secondary N) is 1. The van der Waals surface area contributed by atoms with Gasteiger partial charge in [-0.15, -0.1) is 0 Å². The molecule has 0 fully saturated rings. The minimum absolute atomic E-state index is 0.00275. The van der Waals surface area contributed by atoms with Crippen LogP contribution in [0, 0.1) is 5.39 Å². The third-order valence-corrected chi connectivity index (χ3v) is 3.17. The summed E-state index contributed by atoms with van der Waals surface area (Å²) in [6, 6.07) is 10.5. The van der Waals surface area contributed by atoms with E-state index in [4.69, 9.17) is 9.81 Å². The van der Waals surface area contributed by atoms with E-state index in [2.05, 4.69) is 29.0 Å². The Morgan fingerprint density at radius 3 is 2.38 bits per heavy atom. The molecule has 0 spiro atoms. The number of amides is 1. The average molecular weight is 285 g/mol. The maximum atomic E-state index is 11.9. The molecule has 2 rings (SSSR count). The zero-order valence-corrected chi connectivity index (χ0v) is 12.0. The molecule has 108 valence electrons. The van der Waals surface area contributed by atoms with E-state index in [9.17, 15) is 4.79 Å². The Morgan fingerprint density at radius 1 is 1.19 bits per heavy atom. The van der Waals surface area contributed by atoms with Gasteiger partial charge in [-0.25, -0.2) is 0 Å². The van der Waals surface area contributed by atoms with Gasteiger partial charge in [-0.1, -0.05) is 0 Å². The maximum absolute atomic E-state index is 11.9. The second-order valence-corrected chi connectivity index (χ2v) is 4.41. The molecule has 0 aliphatic carbocycles. The quantitative estimate of drug-likeness (QED) is 0.846. The highest BCUT2D eigenvalue weighted by Crippen LogP contribution is 2.20. The summed E-state index contributed by atoms with van der Waals surface area (Å²) < 4.78 is 5.03. The van der Waals surface area contributed by atoms with Crippen LogP contribution >= 0.6 is 0 Å². The molecule has 1 N–H and O–H groups in total. The van der Waals surface area contributed by atoms with Crippen molar-refractivity contribution in [1.29, 1.82) is 5.39 Å². The minimum atomic E-state index is -0.388. The van der Waals surface area contributed by atoms with Crippen LogP contribution in [0.25, 0.3) is 4.98 Å². The lowest BCUT2D eigenvalue weighted by Crippen LogP contribution is -2.21. The van der Waals surface area contributed by atoms with Crippen molar-refractivity contribution in [3.63, 3.8) is 0 Å². The summed E-state index contributed by atoms with van der Waals surface area (Å²) in [6.07, 6.45) is 0. The van der Waals surface area contributed by atoms with Crippen molar-refractivity contribution >= 4 is 23.2 Å². The lowest BCUT2D eigenvalue weighted by atomic mass is 10.2. The molecule has 0 aliphatic rings. The molecule has 0 unspecified atom stereocenters. The Labute approximate surface area is 123 Å². The van der Waals surface area contributed by atoms with E-state index >= 15 is 0 Å². The molecule has 0 radical (unpaired) electrons. The standard InChI is InChI=1S/C15H16N4O2/c1-3-19(4-2)12-7-5-11(6-8-12)17-15(20)13-9-10-14(18-16)21-13/h5-10H,3-4H2,1-2H3/p+1. The van der Waals surface area contributed by atoms with Crippen LogP contribution in [0.15, 0.2) is 40.8 Å². The average Bonchev–Trinajstić information content (AvgIpc) is 2.99. The number of hydrogen-bond donors (Lipinski definition) is 1. The van der Waals surface area contributed by atoms with E-state index in [1.54, 1.807) is 0 Å². The number of carbonyl (C=O) groups excluding carboxylic acids is 1. The fourth-order valence-electron chi connectivity index (χ4n) is 2.04. The second kappa shape index (κ2) is 6.57. The molecule has 1 amide bonds. The van der Waals surface area contributed by atoms with E-state index in [-0.39, 0.29) is 17.6 Å². The van der Waals surface area contributed by atoms with Crippen molar-refractivity contribution in [2.75, 3.05) is 23.3 Å². The highest BCUT2D eigenvalue weighted by molar-refractivity contribution is 6.02. The summed E-state index contributed by atoms with van der Waals surface area (Å²) in [4.78, 5) is 17.0. The first-order valence-corrected chi connectivity index (χ1v) is 6.79. The molecule has 2 aromatic rings. The number of carbonyl (C=O) groups is 1. The number of nitrogens with zero attached hydrogens (tertiary/aromatic N) is 3. The van der Waals surface area contributed by atoms with Crippen LogP contribution in [0.3, 0.4) is 0 Å². The number of hydrogen-bond acceptors (Lipinski definition) is 4. The largest absolute Gasteiger partial charge is 0.552 e. The van der Waals surface area contributed by atoms with E-state index in [1.165, 1.54) is 12.1 Å². The Balaban J connectivity index is 2.06. The number of benzene rings is 1. The van der Waals surface area contributed by atoms with Gasteiger partial charge in [-0.3, -0.25) is 4.79 Å². The third kappa shape index (κ3) is 3.39. The summed E-state index contributed by atoms with van der Waals surface area (Å²) in [7, 11) is 0. The zero-order chi connectivity index (χ0) is 15.2. The molecule has 6 heteroatoms. The smallest absolute Gasteiger partial charge is 0.383 e. The van der Waals surface area contributed by atoms with Crippen molar-refractivity contribution in [1.82, 2.24) is 0 Å². The fraction of sp³-hybridized carbons (Fsp3) is 0.267. The second-order valence-electron chi connectivity index (χ2n) is 4.41. The van der Waals surface area contributed by atoms with Crippen molar-refractivity contribution in [2.24, 2.45) is 0 Å². The molecule has 0 aliphatic heterocycles. The first-order valence-electron chi connectivity index (χ1n) is 6.79. The summed E-state index contributed by atoms with van der Waals surface area (Å²) in [5.74, 6) is -0.298. The minimum Gasteiger partial charge on any atom is -0.383 e. The highest BCUT2D eigenvalue weighted by atomic mass is 16.4. The molecule has 21 heavy (non-hydrogen) atoms. The Hall–Kier alpha value is -2.81. The molecular formula is C15H17N4O2+. The summed E-state index contributed by atoms with van der Waals surface area (Å²) in [5.41, 5.74) is 1.78. The first kappa shape index (κ1) is 14.6. The van der Waals surface area contributed by atoms with E-state index in [0.717, 1.165) is 18.8 Å². The Kier molecular flexibility index (Phi) is 4.57. The molecule has 1 aromatic heterocycles. The van der Waals surface area contributed by atoms with Gasteiger partial charge in [0, 0.05) is 24.5 Å². The predicted octanol–water partition coefficient (Wildman–Crippen LogP) is 3.86. The van der Waals surface area contributed by atoms with Crippen molar-refractivity contribution in [3.05, 3.63) is 47.1 Å². The van der Waals surface area contributed by atoms with E-state index in [1.807, 2.05) is 24.3 Å². The molecule has 0 bridgehead atoms. The van der Waals surface area contributed by atoms with Gasteiger partial charge in [0.2, 0.25) is 16.1 Å². The van der Waals surface area contributed by atoms with Crippen LogP contribution in [0.4, 0.5) is 17.3 Å². The molecule has 0 saturated carbocycles. The summed E-state index contributed by atoms with van der Waals surface area (Å²) in [6.45, 7) is 6.06. The SMILES string of the molecule is CCN(CC)c1ccc(NC(=O)c2ccc([N+]#N)o2)cc1. The normalized spacial score (nSPS) is 9.95. The monoisotopic (exact) mass is 285 g/mol. The lowest BCUT2D eigenvalue weighted by Gasteiger charge is -2.21. The number of anilines is 2. The molecule has 0 saturated heterocycles. The van der Waals surface area contributed by atoms with Crippen LogP contribution in [0.5, 0.6) is 0 Å². The highest BCUT2D eigenvalue weighted by Gasteiger charge is 2.17. The molecule has 0 atom stereocenters. The Morgan fingerprint density at radius 2 is 1.86 bits per heavy atom. The van der Waals surface area contributed by atoms with E-state index < -0.39 is 0 Å². The number of diazo groups is 1. The Bertz CT molecular complexity index is 651. The number of rotatable bonds is 5. The van der Waals surface area contributed by atoms with Crippen LogP contribution in [-0.4, -0.2) is 19.0 Å². The van der Waals surface area contributed by atoms with Crippen molar-refractivity contribution < 1.29 is 9.21 Å². The van der Waals surface area contributed by atoms with Gasteiger partial charge < -0.3 is 14.6 Å². The molecular weight excluding hydrogens is 268 g/mol. The van der Waals surface area contributed by atoms with Gasteiger partial charge in [0.15, 0.2) is 0 Å². The van der Waals surface area contributed by atoms with Gasteiger partial charge in [-0.05, 0) is 44.2 Å².